The van der Waals surface area contributed by atoms with E-state index in [1.54, 1.807) is 18.2 Å². The van der Waals surface area contributed by atoms with Crippen molar-refractivity contribution in [3.05, 3.63) is 70.4 Å². The number of carbonyl (C=O) groups is 1. The quantitative estimate of drug-likeness (QED) is 0.505. The van der Waals surface area contributed by atoms with Crippen molar-refractivity contribution in [1.29, 1.82) is 5.26 Å². The molecule has 0 radical (unpaired) electrons. The summed E-state index contributed by atoms with van der Waals surface area (Å²) >= 11 is 6.05. The van der Waals surface area contributed by atoms with Gasteiger partial charge in [0.1, 0.15) is 11.6 Å². The van der Waals surface area contributed by atoms with Gasteiger partial charge in [-0.1, -0.05) is 43.1 Å². The number of halogens is 1. The number of benzene rings is 2. The fourth-order valence-electron chi connectivity index (χ4n) is 2.39. The Balaban J connectivity index is 2.04. The van der Waals surface area contributed by atoms with Crippen LogP contribution in [0, 0.1) is 18.3 Å². The van der Waals surface area contributed by atoms with Crippen LogP contribution in [0.4, 0.5) is 11.4 Å². The number of rotatable bonds is 7. The number of nitrogens with zero attached hydrogens (tertiary/aromatic N) is 1. The second-order valence-corrected chi connectivity index (χ2v) is 6.39. The Morgan fingerprint density at radius 2 is 1.96 bits per heavy atom. The van der Waals surface area contributed by atoms with Gasteiger partial charge in [0.15, 0.2) is 0 Å². The normalized spacial score (nSPS) is 10.9. The summed E-state index contributed by atoms with van der Waals surface area (Å²) in [5, 5.41) is 15.6. The second kappa shape index (κ2) is 9.65. The lowest BCUT2D eigenvalue weighted by Crippen LogP contribution is -2.15. The first-order valence-electron chi connectivity index (χ1n) is 8.57. The molecule has 0 heterocycles. The summed E-state index contributed by atoms with van der Waals surface area (Å²) in [7, 11) is 0. The van der Waals surface area contributed by atoms with Gasteiger partial charge in [0, 0.05) is 22.6 Å². The largest absolute Gasteiger partial charge is 0.360 e. The first-order chi connectivity index (χ1) is 12.5. The molecule has 2 N–H and O–H groups in total. The average molecular weight is 368 g/mol. The molecule has 0 unspecified atom stereocenters. The van der Waals surface area contributed by atoms with E-state index in [0.29, 0.717) is 10.7 Å². The van der Waals surface area contributed by atoms with Crippen LogP contribution >= 0.6 is 11.6 Å². The highest BCUT2D eigenvalue weighted by molar-refractivity contribution is 6.31. The van der Waals surface area contributed by atoms with Crippen LogP contribution in [0.3, 0.4) is 0 Å². The number of nitrogens with one attached hydrogen (secondary N) is 2. The number of carbonyl (C=O) groups excluding carboxylic acids is 1. The zero-order chi connectivity index (χ0) is 18.9. The number of anilines is 2. The molecule has 5 heteroatoms. The Morgan fingerprint density at radius 3 is 2.62 bits per heavy atom. The fourth-order valence-corrected chi connectivity index (χ4v) is 2.56. The molecule has 4 nitrogen and oxygen atoms in total. The van der Waals surface area contributed by atoms with Crippen molar-refractivity contribution in [1.82, 2.24) is 0 Å². The van der Waals surface area contributed by atoms with Crippen LogP contribution in [0.25, 0.3) is 0 Å². The standard InChI is InChI=1S/C21H22ClN3O/c1-3-4-6-16-9-11-18(12-10-16)24-14-17(13-23)21(26)25-20-8-5-7-19(22)15(20)2/h5,7-12,14,24H,3-4,6H2,1-2H3,(H,25,26)/b17-14-. The second-order valence-electron chi connectivity index (χ2n) is 5.98. The van der Waals surface area contributed by atoms with Crippen molar-refractivity contribution < 1.29 is 4.79 Å². The monoisotopic (exact) mass is 367 g/mol. The fraction of sp³-hybridized carbons (Fsp3) is 0.238. The molecule has 26 heavy (non-hydrogen) atoms. The lowest BCUT2D eigenvalue weighted by atomic mass is 10.1. The molecule has 0 saturated carbocycles. The van der Waals surface area contributed by atoms with E-state index in [4.69, 9.17) is 11.6 Å². The van der Waals surface area contributed by atoms with Gasteiger partial charge in [-0.2, -0.15) is 5.26 Å². The number of aryl methyl sites for hydroxylation is 1. The molecule has 0 aliphatic rings. The van der Waals surface area contributed by atoms with Crippen LogP contribution in [-0.4, -0.2) is 5.91 Å². The van der Waals surface area contributed by atoms with E-state index >= 15 is 0 Å². The van der Waals surface area contributed by atoms with E-state index < -0.39 is 5.91 Å². The topological polar surface area (TPSA) is 64.9 Å². The zero-order valence-corrected chi connectivity index (χ0v) is 15.7. The lowest BCUT2D eigenvalue weighted by Gasteiger charge is -2.09. The Hall–Kier alpha value is -2.77. The summed E-state index contributed by atoms with van der Waals surface area (Å²) in [6, 6.07) is 15.1. The maximum atomic E-state index is 12.3. The average Bonchev–Trinajstić information content (AvgIpc) is 2.65. The van der Waals surface area contributed by atoms with Crippen molar-refractivity contribution in [3.63, 3.8) is 0 Å². The van der Waals surface area contributed by atoms with Gasteiger partial charge in [-0.15, -0.1) is 0 Å². The SMILES string of the molecule is CCCCc1ccc(N/C=C(/C#N)C(=O)Nc2cccc(Cl)c2C)cc1. The van der Waals surface area contributed by atoms with Crippen LogP contribution in [0.15, 0.2) is 54.2 Å². The van der Waals surface area contributed by atoms with Crippen molar-refractivity contribution in [2.75, 3.05) is 10.6 Å². The molecule has 2 aromatic carbocycles. The third kappa shape index (κ3) is 5.37. The first-order valence-corrected chi connectivity index (χ1v) is 8.95. The molecule has 0 aliphatic heterocycles. The third-order valence-corrected chi connectivity index (χ3v) is 4.45. The highest BCUT2D eigenvalue weighted by Gasteiger charge is 2.11. The molecule has 0 bridgehead atoms. The number of hydrogen-bond donors (Lipinski definition) is 2. The van der Waals surface area contributed by atoms with Gasteiger partial charge < -0.3 is 10.6 Å². The molecule has 134 valence electrons. The number of unbranched alkanes of at least 4 members (excludes halogenated alkanes) is 1. The highest BCUT2D eigenvalue weighted by Crippen LogP contribution is 2.23. The highest BCUT2D eigenvalue weighted by atomic mass is 35.5. The molecule has 0 aliphatic carbocycles. The van der Waals surface area contributed by atoms with Crippen LogP contribution in [0.5, 0.6) is 0 Å². The smallest absolute Gasteiger partial charge is 0.267 e. The van der Waals surface area contributed by atoms with Crippen LogP contribution in [0.2, 0.25) is 5.02 Å². The summed E-state index contributed by atoms with van der Waals surface area (Å²) in [5.74, 6) is -0.482. The van der Waals surface area contributed by atoms with E-state index in [-0.39, 0.29) is 5.57 Å². The Labute approximate surface area is 159 Å². The number of amides is 1. The molecule has 0 saturated heterocycles. The summed E-state index contributed by atoms with van der Waals surface area (Å²) in [6.45, 7) is 3.98. The minimum Gasteiger partial charge on any atom is -0.360 e. The van der Waals surface area contributed by atoms with Crippen LogP contribution in [-0.2, 0) is 11.2 Å². The molecule has 0 spiro atoms. The number of nitriles is 1. The molecule has 2 aromatic rings. The zero-order valence-electron chi connectivity index (χ0n) is 15.0. The van der Waals surface area contributed by atoms with E-state index in [1.807, 2.05) is 37.3 Å². The van der Waals surface area contributed by atoms with Crippen molar-refractivity contribution in [2.24, 2.45) is 0 Å². The van der Waals surface area contributed by atoms with Gasteiger partial charge in [-0.3, -0.25) is 4.79 Å². The predicted octanol–water partition coefficient (Wildman–Crippen LogP) is 5.45. The maximum Gasteiger partial charge on any atom is 0.267 e. The minimum absolute atomic E-state index is 0.0144. The van der Waals surface area contributed by atoms with Gasteiger partial charge in [0.25, 0.3) is 5.91 Å². The van der Waals surface area contributed by atoms with Gasteiger partial charge in [-0.25, -0.2) is 0 Å². The maximum absolute atomic E-state index is 12.3. The summed E-state index contributed by atoms with van der Waals surface area (Å²) in [6.07, 6.45) is 4.79. The Morgan fingerprint density at radius 1 is 1.23 bits per heavy atom. The van der Waals surface area contributed by atoms with Gasteiger partial charge >= 0.3 is 0 Å². The van der Waals surface area contributed by atoms with Crippen molar-refractivity contribution in [3.8, 4) is 6.07 Å². The summed E-state index contributed by atoms with van der Waals surface area (Å²) in [5.41, 5.74) is 3.43. The van der Waals surface area contributed by atoms with Crippen LogP contribution < -0.4 is 10.6 Å². The van der Waals surface area contributed by atoms with Crippen molar-refractivity contribution in [2.45, 2.75) is 33.1 Å². The molecule has 1 amide bonds. The summed E-state index contributed by atoms with van der Waals surface area (Å²) < 4.78 is 0. The van der Waals surface area contributed by atoms with E-state index in [2.05, 4.69) is 17.6 Å². The molecule has 0 atom stereocenters. The molecular formula is C21H22ClN3O. The predicted molar refractivity (Wildman–Crippen MR) is 107 cm³/mol. The third-order valence-electron chi connectivity index (χ3n) is 4.04. The van der Waals surface area contributed by atoms with Gasteiger partial charge in [-0.05, 0) is 55.2 Å². The number of hydrogen-bond acceptors (Lipinski definition) is 3. The van der Waals surface area contributed by atoms with E-state index in [9.17, 15) is 10.1 Å². The first kappa shape index (κ1) is 19.6. The Kier molecular flexibility index (Phi) is 7.25. The van der Waals surface area contributed by atoms with E-state index in [1.165, 1.54) is 11.8 Å². The molecule has 0 aromatic heterocycles. The van der Waals surface area contributed by atoms with Gasteiger partial charge in [0.05, 0.1) is 0 Å². The van der Waals surface area contributed by atoms with Crippen LogP contribution in [0.1, 0.15) is 30.9 Å². The van der Waals surface area contributed by atoms with Gasteiger partial charge in [0.2, 0.25) is 0 Å². The lowest BCUT2D eigenvalue weighted by molar-refractivity contribution is -0.112. The summed E-state index contributed by atoms with van der Waals surface area (Å²) in [4.78, 5) is 12.3. The van der Waals surface area contributed by atoms with E-state index in [0.717, 1.165) is 30.5 Å². The molecule has 0 fully saturated rings. The molecule has 2 rings (SSSR count). The minimum atomic E-state index is -0.482. The van der Waals surface area contributed by atoms with Crippen molar-refractivity contribution >= 4 is 28.9 Å². The molecular weight excluding hydrogens is 346 g/mol. The Bertz CT molecular complexity index is 835.